The van der Waals surface area contributed by atoms with Gasteiger partial charge in [-0.1, -0.05) is 36.4 Å². The zero-order chi connectivity index (χ0) is 15.8. The molecule has 2 aromatic rings. The Morgan fingerprint density at radius 1 is 1.18 bits per heavy atom. The van der Waals surface area contributed by atoms with Gasteiger partial charge in [-0.05, 0) is 24.3 Å². The molecule has 2 rings (SSSR count). The maximum atomic E-state index is 12.5. The number of anilines is 2. The van der Waals surface area contributed by atoms with Gasteiger partial charge in [-0.2, -0.15) is 0 Å². The van der Waals surface area contributed by atoms with Crippen LogP contribution in [0.25, 0.3) is 0 Å². The number of carbonyl (C=O) groups is 1. The van der Waals surface area contributed by atoms with Crippen molar-refractivity contribution in [1.82, 2.24) is 0 Å². The molecule has 0 saturated carbocycles. The second kappa shape index (κ2) is 7.88. The molecule has 0 bridgehead atoms. The van der Waals surface area contributed by atoms with Crippen LogP contribution in [0.5, 0.6) is 5.75 Å². The van der Waals surface area contributed by atoms with E-state index in [2.05, 4.69) is 11.9 Å². The first kappa shape index (κ1) is 15.6. The zero-order valence-electron chi connectivity index (χ0n) is 12.7. The molecule has 0 aromatic heterocycles. The zero-order valence-corrected chi connectivity index (χ0v) is 12.7. The van der Waals surface area contributed by atoms with Crippen molar-refractivity contribution in [2.75, 3.05) is 30.4 Å². The molecule has 4 heteroatoms. The largest absolute Gasteiger partial charge is 0.495 e. The fourth-order valence-electron chi connectivity index (χ4n) is 2.15. The van der Waals surface area contributed by atoms with E-state index in [1.165, 1.54) is 0 Å². The summed E-state index contributed by atoms with van der Waals surface area (Å²) in [6.45, 7) is 4.37. The van der Waals surface area contributed by atoms with Crippen molar-refractivity contribution in [3.05, 3.63) is 67.3 Å². The Hall–Kier alpha value is -2.75. The molecular formula is C18H20N2O2. The number of para-hydroxylation sites is 3. The third-order valence-corrected chi connectivity index (χ3v) is 3.22. The maximum Gasteiger partial charge on any atom is 0.246 e. The average molecular weight is 296 g/mol. The molecule has 0 aliphatic rings. The summed E-state index contributed by atoms with van der Waals surface area (Å²) >= 11 is 0. The van der Waals surface area contributed by atoms with Crippen LogP contribution >= 0.6 is 0 Å². The monoisotopic (exact) mass is 296 g/mol. The van der Waals surface area contributed by atoms with E-state index in [1.807, 2.05) is 54.6 Å². The number of nitrogens with zero attached hydrogens (tertiary/aromatic N) is 1. The van der Waals surface area contributed by atoms with Crippen LogP contribution in [0.1, 0.15) is 0 Å². The fourth-order valence-corrected chi connectivity index (χ4v) is 2.15. The molecule has 4 nitrogen and oxygen atoms in total. The van der Waals surface area contributed by atoms with Crippen molar-refractivity contribution in [2.24, 2.45) is 0 Å². The molecule has 114 valence electrons. The van der Waals surface area contributed by atoms with E-state index < -0.39 is 0 Å². The number of methoxy groups -OCH3 is 1. The molecule has 0 aliphatic carbocycles. The van der Waals surface area contributed by atoms with E-state index in [9.17, 15) is 4.79 Å². The van der Waals surface area contributed by atoms with E-state index in [1.54, 1.807) is 18.1 Å². The number of hydrogen-bond donors (Lipinski definition) is 1. The molecule has 0 aliphatic heterocycles. The lowest BCUT2D eigenvalue weighted by molar-refractivity contribution is -0.116. The number of amides is 1. The number of rotatable bonds is 7. The number of ether oxygens (including phenoxy) is 1. The van der Waals surface area contributed by atoms with Crippen molar-refractivity contribution >= 4 is 17.3 Å². The highest BCUT2D eigenvalue weighted by Crippen LogP contribution is 2.23. The van der Waals surface area contributed by atoms with Gasteiger partial charge in [0.25, 0.3) is 0 Å². The standard InChI is InChI=1S/C18H20N2O2/c1-3-13-20(15-9-5-4-6-10-15)18(21)14-19-16-11-7-8-12-17(16)22-2/h3-12,19H,1,13-14H2,2H3. The number of benzene rings is 2. The highest BCUT2D eigenvalue weighted by atomic mass is 16.5. The van der Waals surface area contributed by atoms with Crippen LogP contribution in [-0.2, 0) is 4.79 Å². The summed E-state index contributed by atoms with van der Waals surface area (Å²) in [7, 11) is 1.61. The molecule has 0 heterocycles. The summed E-state index contributed by atoms with van der Waals surface area (Å²) in [6, 6.07) is 17.1. The molecule has 0 spiro atoms. The summed E-state index contributed by atoms with van der Waals surface area (Å²) < 4.78 is 5.27. The lowest BCUT2D eigenvalue weighted by Gasteiger charge is -2.22. The first-order valence-electron chi connectivity index (χ1n) is 7.09. The first-order chi connectivity index (χ1) is 10.8. The normalized spacial score (nSPS) is 9.86. The third kappa shape index (κ3) is 3.88. The minimum atomic E-state index is -0.0305. The second-order valence-corrected chi connectivity index (χ2v) is 4.68. The Labute approximate surface area is 131 Å². The SMILES string of the molecule is C=CCN(C(=O)CNc1ccccc1OC)c1ccccc1. The van der Waals surface area contributed by atoms with Crippen LogP contribution in [0.15, 0.2) is 67.3 Å². The van der Waals surface area contributed by atoms with E-state index in [-0.39, 0.29) is 12.5 Å². The second-order valence-electron chi connectivity index (χ2n) is 4.68. The minimum absolute atomic E-state index is 0.0305. The van der Waals surface area contributed by atoms with Gasteiger partial charge in [0.05, 0.1) is 19.3 Å². The molecule has 1 amide bonds. The van der Waals surface area contributed by atoms with Gasteiger partial charge in [0, 0.05) is 12.2 Å². The highest BCUT2D eigenvalue weighted by Gasteiger charge is 2.14. The van der Waals surface area contributed by atoms with Gasteiger partial charge in [0.2, 0.25) is 5.91 Å². The molecule has 0 fully saturated rings. The Kier molecular flexibility index (Phi) is 5.60. The topological polar surface area (TPSA) is 41.6 Å². The summed E-state index contributed by atoms with van der Waals surface area (Å²) in [4.78, 5) is 14.2. The Bertz CT molecular complexity index is 626. The van der Waals surface area contributed by atoms with Gasteiger partial charge >= 0.3 is 0 Å². The molecule has 1 N–H and O–H groups in total. The summed E-state index contributed by atoms with van der Waals surface area (Å²) in [5.41, 5.74) is 1.65. The van der Waals surface area contributed by atoms with E-state index in [4.69, 9.17) is 4.74 Å². The van der Waals surface area contributed by atoms with Gasteiger partial charge in [0.1, 0.15) is 5.75 Å². The minimum Gasteiger partial charge on any atom is -0.495 e. The molecule has 22 heavy (non-hydrogen) atoms. The van der Waals surface area contributed by atoms with E-state index in [0.717, 1.165) is 11.4 Å². The third-order valence-electron chi connectivity index (χ3n) is 3.22. The van der Waals surface area contributed by atoms with Crippen LogP contribution in [-0.4, -0.2) is 26.1 Å². The Morgan fingerprint density at radius 3 is 2.55 bits per heavy atom. The van der Waals surface area contributed by atoms with Crippen molar-refractivity contribution in [1.29, 1.82) is 0 Å². The van der Waals surface area contributed by atoms with Gasteiger partial charge in [0.15, 0.2) is 0 Å². The highest BCUT2D eigenvalue weighted by molar-refractivity contribution is 5.96. The number of nitrogens with one attached hydrogen (secondary N) is 1. The van der Waals surface area contributed by atoms with Crippen LogP contribution in [0.3, 0.4) is 0 Å². The van der Waals surface area contributed by atoms with E-state index >= 15 is 0 Å². The van der Waals surface area contributed by atoms with Crippen LogP contribution in [0.2, 0.25) is 0 Å². The molecule has 0 saturated heterocycles. The van der Waals surface area contributed by atoms with E-state index in [0.29, 0.717) is 12.3 Å². The number of hydrogen-bond acceptors (Lipinski definition) is 3. The summed E-state index contributed by atoms with van der Waals surface area (Å²) in [5.74, 6) is 0.683. The Balaban J connectivity index is 2.07. The lowest BCUT2D eigenvalue weighted by Crippen LogP contribution is -2.35. The molecule has 0 atom stereocenters. The molecule has 0 unspecified atom stereocenters. The smallest absolute Gasteiger partial charge is 0.246 e. The molecule has 0 radical (unpaired) electrons. The molecular weight excluding hydrogens is 276 g/mol. The van der Waals surface area contributed by atoms with Gasteiger partial charge in [-0.3, -0.25) is 4.79 Å². The maximum absolute atomic E-state index is 12.5. The summed E-state index contributed by atoms with van der Waals surface area (Å²) in [6.07, 6.45) is 1.72. The lowest BCUT2D eigenvalue weighted by atomic mass is 10.2. The summed E-state index contributed by atoms with van der Waals surface area (Å²) in [5, 5.41) is 3.12. The molecule has 2 aromatic carbocycles. The Morgan fingerprint density at radius 2 is 1.86 bits per heavy atom. The fraction of sp³-hybridized carbons (Fsp3) is 0.167. The average Bonchev–Trinajstić information content (AvgIpc) is 2.58. The van der Waals surface area contributed by atoms with Crippen molar-refractivity contribution in [3.63, 3.8) is 0 Å². The van der Waals surface area contributed by atoms with Gasteiger partial charge < -0.3 is 15.0 Å². The first-order valence-corrected chi connectivity index (χ1v) is 7.09. The quantitative estimate of drug-likeness (QED) is 0.797. The predicted octanol–water partition coefficient (Wildman–Crippen LogP) is 3.33. The van der Waals surface area contributed by atoms with Crippen LogP contribution < -0.4 is 15.0 Å². The van der Waals surface area contributed by atoms with Crippen LogP contribution in [0, 0.1) is 0 Å². The van der Waals surface area contributed by atoms with Crippen molar-refractivity contribution < 1.29 is 9.53 Å². The predicted molar refractivity (Wildman–Crippen MR) is 90.5 cm³/mol. The van der Waals surface area contributed by atoms with Gasteiger partial charge in [-0.15, -0.1) is 6.58 Å². The van der Waals surface area contributed by atoms with Crippen molar-refractivity contribution in [2.45, 2.75) is 0 Å². The van der Waals surface area contributed by atoms with Crippen LogP contribution in [0.4, 0.5) is 11.4 Å². The van der Waals surface area contributed by atoms with Crippen molar-refractivity contribution in [3.8, 4) is 5.75 Å². The number of carbonyl (C=O) groups excluding carboxylic acids is 1. The van der Waals surface area contributed by atoms with Gasteiger partial charge in [-0.25, -0.2) is 0 Å².